The van der Waals surface area contributed by atoms with Crippen LogP contribution in [0, 0.1) is 0 Å². The lowest BCUT2D eigenvalue weighted by Crippen LogP contribution is -2.24. The Morgan fingerprint density at radius 3 is 2.56 bits per heavy atom. The number of nitrogens with one attached hydrogen (secondary N) is 1. The second-order valence-corrected chi connectivity index (χ2v) is 9.43. The number of ether oxygens (including phenoxy) is 2. The van der Waals surface area contributed by atoms with Gasteiger partial charge in [0.25, 0.3) is 5.91 Å². The highest BCUT2D eigenvalue weighted by Gasteiger charge is 2.19. The molecule has 8 heteroatoms. The van der Waals surface area contributed by atoms with Gasteiger partial charge in [-0.2, -0.15) is 5.10 Å². The Hall–Kier alpha value is -3.68. The zero-order chi connectivity index (χ0) is 25.3. The van der Waals surface area contributed by atoms with E-state index < -0.39 is 11.9 Å². The number of aryl methyl sites for hydroxylation is 1. The van der Waals surface area contributed by atoms with Gasteiger partial charge in [-0.05, 0) is 48.7 Å². The smallest absolute Gasteiger partial charge is 0.355 e. The van der Waals surface area contributed by atoms with Crippen LogP contribution in [0.4, 0.5) is 0 Å². The molecule has 0 radical (unpaired) electrons. The molecule has 1 N–H and O–H groups in total. The van der Waals surface area contributed by atoms with E-state index in [1.165, 1.54) is 23.1 Å². The summed E-state index contributed by atoms with van der Waals surface area (Å²) in [5.41, 5.74) is 4.19. The van der Waals surface area contributed by atoms with Crippen LogP contribution in [0.15, 0.2) is 77.9 Å². The van der Waals surface area contributed by atoms with Crippen molar-refractivity contribution >= 4 is 51.1 Å². The van der Waals surface area contributed by atoms with Crippen LogP contribution in [-0.4, -0.2) is 24.7 Å². The van der Waals surface area contributed by atoms with Crippen LogP contribution in [0.3, 0.4) is 0 Å². The average molecular weight is 521 g/mol. The molecule has 3 aromatic carbocycles. The highest BCUT2D eigenvalue weighted by molar-refractivity contribution is 7.21. The largest absolute Gasteiger partial charge is 0.484 e. The summed E-state index contributed by atoms with van der Waals surface area (Å²) in [5, 5.41) is 5.15. The number of rotatable bonds is 10. The van der Waals surface area contributed by atoms with Crippen molar-refractivity contribution in [2.24, 2.45) is 5.10 Å². The molecule has 0 aliphatic carbocycles. The predicted molar refractivity (Wildman–Crippen MR) is 145 cm³/mol. The van der Waals surface area contributed by atoms with Crippen molar-refractivity contribution in [2.45, 2.75) is 26.2 Å². The summed E-state index contributed by atoms with van der Waals surface area (Å²) in [4.78, 5) is 25.3. The van der Waals surface area contributed by atoms with Gasteiger partial charge in [0.15, 0.2) is 6.61 Å². The highest BCUT2D eigenvalue weighted by Crippen LogP contribution is 2.36. The summed E-state index contributed by atoms with van der Waals surface area (Å²) < 4.78 is 12.0. The first-order valence-electron chi connectivity index (χ1n) is 11.6. The van der Waals surface area contributed by atoms with E-state index in [2.05, 4.69) is 17.5 Å². The topological polar surface area (TPSA) is 77.0 Å². The summed E-state index contributed by atoms with van der Waals surface area (Å²) in [6.07, 6.45) is 4.73. The third kappa shape index (κ3) is 6.50. The minimum atomic E-state index is -0.555. The van der Waals surface area contributed by atoms with E-state index in [-0.39, 0.29) is 6.61 Å². The molecule has 0 atom stereocenters. The van der Waals surface area contributed by atoms with Gasteiger partial charge < -0.3 is 9.47 Å². The zero-order valence-corrected chi connectivity index (χ0v) is 21.3. The molecule has 4 rings (SSSR count). The summed E-state index contributed by atoms with van der Waals surface area (Å²) in [5.74, 6) is -0.0481. The molecular weight excluding hydrogens is 496 g/mol. The number of unbranched alkanes of at least 4 members (excludes halogenated alkanes) is 1. The number of thiophene rings is 1. The Kier molecular flexibility index (Phi) is 8.71. The number of para-hydroxylation sites is 1. The van der Waals surface area contributed by atoms with Crippen molar-refractivity contribution in [3.8, 4) is 11.5 Å². The van der Waals surface area contributed by atoms with Gasteiger partial charge in [-0.25, -0.2) is 10.2 Å². The molecule has 4 aromatic rings. The molecule has 0 saturated heterocycles. The van der Waals surface area contributed by atoms with E-state index in [4.69, 9.17) is 21.1 Å². The molecule has 184 valence electrons. The van der Waals surface area contributed by atoms with Gasteiger partial charge in [0.1, 0.15) is 16.4 Å². The lowest BCUT2D eigenvalue weighted by atomic mass is 10.1. The number of esters is 1. The van der Waals surface area contributed by atoms with E-state index in [1.54, 1.807) is 24.3 Å². The third-order valence-electron chi connectivity index (χ3n) is 5.35. The molecule has 0 spiro atoms. The number of hydrogen-bond donors (Lipinski definition) is 1. The van der Waals surface area contributed by atoms with Crippen LogP contribution in [0.5, 0.6) is 11.5 Å². The number of hydrogen-bond acceptors (Lipinski definition) is 6. The molecule has 0 saturated carbocycles. The molecule has 1 aromatic heterocycles. The van der Waals surface area contributed by atoms with Gasteiger partial charge in [0.05, 0.1) is 11.2 Å². The van der Waals surface area contributed by atoms with Crippen molar-refractivity contribution in [1.82, 2.24) is 5.43 Å². The van der Waals surface area contributed by atoms with Crippen LogP contribution < -0.4 is 14.9 Å². The van der Waals surface area contributed by atoms with E-state index in [0.717, 1.165) is 29.3 Å². The lowest BCUT2D eigenvalue weighted by molar-refractivity contribution is -0.123. The quantitative estimate of drug-likeness (QED) is 0.110. The Balaban J connectivity index is 1.33. The van der Waals surface area contributed by atoms with Crippen molar-refractivity contribution in [3.63, 3.8) is 0 Å². The Morgan fingerprint density at radius 1 is 1.03 bits per heavy atom. The van der Waals surface area contributed by atoms with E-state index in [1.807, 2.05) is 48.5 Å². The van der Waals surface area contributed by atoms with Crippen molar-refractivity contribution < 1.29 is 19.1 Å². The second kappa shape index (κ2) is 12.3. The molecule has 0 fully saturated rings. The fourth-order valence-electron chi connectivity index (χ4n) is 3.46. The standard InChI is InChI=1S/C28H25ClN2O4S/c1-2-3-8-19-13-15-21(16-14-19)34-18-25(32)31-30-17-20-9-4-6-11-23(20)35-28(33)27-26(29)22-10-5-7-12-24(22)36-27/h4-7,9-17H,2-3,8,18H2,1H3,(H,31,32)/b30-17-. The van der Waals surface area contributed by atoms with Gasteiger partial charge in [0, 0.05) is 15.6 Å². The normalized spacial score (nSPS) is 11.1. The summed E-state index contributed by atoms with van der Waals surface area (Å²) in [6.45, 7) is 1.99. The maximum absolute atomic E-state index is 12.8. The summed E-state index contributed by atoms with van der Waals surface area (Å²) in [6, 6.07) is 22.1. The number of carbonyl (C=O) groups is 2. The number of fused-ring (bicyclic) bond motifs is 1. The fourth-order valence-corrected chi connectivity index (χ4v) is 4.84. The Bertz CT molecular complexity index is 1380. The first-order valence-corrected chi connectivity index (χ1v) is 12.8. The average Bonchev–Trinajstić information content (AvgIpc) is 3.24. The fraction of sp³-hybridized carbons (Fsp3) is 0.179. The van der Waals surface area contributed by atoms with Gasteiger partial charge in [-0.1, -0.05) is 67.4 Å². The number of halogens is 1. The van der Waals surface area contributed by atoms with Crippen LogP contribution in [-0.2, 0) is 11.2 Å². The Labute approximate surface area is 218 Å². The Morgan fingerprint density at radius 2 is 1.78 bits per heavy atom. The number of nitrogens with zero attached hydrogens (tertiary/aromatic N) is 1. The minimum Gasteiger partial charge on any atom is -0.484 e. The molecule has 1 heterocycles. The molecule has 36 heavy (non-hydrogen) atoms. The van der Waals surface area contributed by atoms with Gasteiger partial charge >= 0.3 is 5.97 Å². The molecule has 0 bridgehead atoms. The van der Waals surface area contributed by atoms with Gasteiger partial charge in [-0.3, -0.25) is 4.79 Å². The van der Waals surface area contributed by atoms with Crippen LogP contribution in [0.2, 0.25) is 5.02 Å². The van der Waals surface area contributed by atoms with E-state index >= 15 is 0 Å². The number of amides is 1. The molecule has 6 nitrogen and oxygen atoms in total. The lowest BCUT2D eigenvalue weighted by Gasteiger charge is -2.07. The first-order chi connectivity index (χ1) is 17.5. The van der Waals surface area contributed by atoms with Crippen LogP contribution in [0.1, 0.15) is 40.6 Å². The SMILES string of the molecule is CCCCc1ccc(OCC(=O)N/N=C\c2ccccc2OC(=O)c2sc3ccccc3c2Cl)cc1. The second-order valence-electron chi connectivity index (χ2n) is 8.00. The zero-order valence-electron chi connectivity index (χ0n) is 19.7. The van der Waals surface area contributed by atoms with Crippen molar-refractivity contribution in [2.75, 3.05) is 6.61 Å². The van der Waals surface area contributed by atoms with Crippen LogP contribution in [0.25, 0.3) is 10.1 Å². The minimum absolute atomic E-state index is 0.174. The summed E-state index contributed by atoms with van der Waals surface area (Å²) in [7, 11) is 0. The monoisotopic (exact) mass is 520 g/mol. The number of carbonyl (C=O) groups excluding carboxylic acids is 2. The summed E-state index contributed by atoms with van der Waals surface area (Å²) >= 11 is 7.68. The maximum Gasteiger partial charge on any atom is 0.355 e. The van der Waals surface area contributed by atoms with Gasteiger partial charge in [-0.15, -0.1) is 11.3 Å². The van der Waals surface area contributed by atoms with Gasteiger partial charge in [0.2, 0.25) is 0 Å². The van der Waals surface area contributed by atoms with Crippen LogP contribution >= 0.6 is 22.9 Å². The molecule has 0 aliphatic rings. The van der Waals surface area contributed by atoms with Crippen molar-refractivity contribution in [3.05, 3.63) is 93.8 Å². The van der Waals surface area contributed by atoms with Crippen molar-refractivity contribution in [1.29, 1.82) is 0 Å². The molecule has 0 aliphatic heterocycles. The predicted octanol–water partition coefficient (Wildman–Crippen LogP) is 6.65. The molecular formula is C28H25ClN2O4S. The van der Waals surface area contributed by atoms with E-state index in [9.17, 15) is 9.59 Å². The number of hydrazone groups is 1. The highest BCUT2D eigenvalue weighted by atomic mass is 35.5. The molecule has 0 unspecified atom stereocenters. The van der Waals surface area contributed by atoms with E-state index in [0.29, 0.717) is 27.0 Å². The number of benzene rings is 3. The third-order valence-corrected chi connectivity index (χ3v) is 7.00. The maximum atomic E-state index is 12.8. The first kappa shape index (κ1) is 25.4. The molecule has 1 amide bonds.